The van der Waals surface area contributed by atoms with Crippen LogP contribution in [-0.2, 0) is 6.42 Å². The molecule has 0 spiro atoms. The van der Waals surface area contributed by atoms with Crippen molar-refractivity contribution >= 4 is 0 Å². The van der Waals surface area contributed by atoms with Gasteiger partial charge in [0.05, 0.1) is 0 Å². The molecule has 0 unspecified atom stereocenters. The zero-order valence-electron chi connectivity index (χ0n) is 11.3. The zero-order chi connectivity index (χ0) is 12.7. The summed E-state index contributed by atoms with van der Waals surface area (Å²) in [5.41, 5.74) is 3.79. The molecule has 17 heavy (non-hydrogen) atoms. The van der Waals surface area contributed by atoms with Crippen LogP contribution >= 0.6 is 0 Å². The quantitative estimate of drug-likeness (QED) is 0.770. The molecular weight excluding hydrogens is 206 g/mol. The number of benzene rings is 1. The van der Waals surface area contributed by atoms with Crippen molar-refractivity contribution in [1.29, 1.82) is 0 Å². The SMILES string of the molecule is CC.CC(C)Cc1ccc(-c2ccccc2)[nH]1. The number of hydrogen-bond donors (Lipinski definition) is 1. The molecule has 1 aromatic heterocycles. The first-order chi connectivity index (χ1) is 8.25. The Hall–Kier alpha value is -1.50. The van der Waals surface area contributed by atoms with E-state index < -0.39 is 0 Å². The highest BCUT2D eigenvalue weighted by molar-refractivity contribution is 5.59. The number of rotatable bonds is 3. The van der Waals surface area contributed by atoms with E-state index in [0.717, 1.165) is 6.42 Å². The van der Waals surface area contributed by atoms with Gasteiger partial charge in [-0.1, -0.05) is 58.0 Å². The maximum Gasteiger partial charge on any atom is 0.0456 e. The third-order valence-corrected chi connectivity index (χ3v) is 2.46. The van der Waals surface area contributed by atoms with Gasteiger partial charge >= 0.3 is 0 Å². The Bertz CT molecular complexity index is 412. The molecular formula is C16H23N. The topological polar surface area (TPSA) is 15.8 Å². The summed E-state index contributed by atoms with van der Waals surface area (Å²) in [6.07, 6.45) is 1.12. The molecule has 0 aliphatic rings. The summed E-state index contributed by atoms with van der Waals surface area (Å²) in [5, 5.41) is 0. The molecule has 1 N–H and O–H groups in total. The Morgan fingerprint density at radius 1 is 0.941 bits per heavy atom. The summed E-state index contributed by atoms with van der Waals surface area (Å²) in [6.45, 7) is 8.48. The minimum atomic E-state index is 0.701. The molecule has 0 bridgehead atoms. The van der Waals surface area contributed by atoms with Crippen LogP contribution in [0.2, 0.25) is 0 Å². The molecule has 0 atom stereocenters. The predicted octanol–water partition coefficient (Wildman–Crippen LogP) is 4.91. The molecule has 0 aliphatic heterocycles. The summed E-state index contributed by atoms with van der Waals surface area (Å²) < 4.78 is 0. The lowest BCUT2D eigenvalue weighted by molar-refractivity contribution is 0.638. The van der Waals surface area contributed by atoms with Crippen LogP contribution in [-0.4, -0.2) is 4.98 Å². The fourth-order valence-corrected chi connectivity index (χ4v) is 1.79. The third kappa shape index (κ3) is 4.10. The fourth-order valence-electron chi connectivity index (χ4n) is 1.79. The van der Waals surface area contributed by atoms with Crippen molar-refractivity contribution < 1.29 is 0 Å². The van der Waals surface area contributed by atoms with E-state index >= 15 is 0 Å². The largest absolute Gasteiger partial charge is 0.358 e. The molecule has 0 aliphatic carbocycles. The Kier molecular flexibility index (Phi) is 5.55. The Balaban J connectivity index is 0.000000686. The summed E-state index contributed by atoms with van der Waals surface area (Å²) >= 11 is 0. The van der Waals surface area contributed by atoms with E-state index in [1.807, 2.05) is 19.9 Å². The highest BCUT2D eigenvalue weighted by Gasteiger charge is 2.02. The highest BCUT2D eigenvalue weighted by atomic mass is 14.7. The van der Waals surface area contributed by atoms with Gasteiger partial charge in [0, 0.05) is 11.4 Å². The second-order valence-corrected chi connectivity index (χ2v) is 4.36. The predicted molar refractivity (Wildman–Crippen MR) is 76.1 cm³/mol. The van der Waals surface area contributed by atoms with Crippen LogP contribution < -0.4 is 0 Å². The lowest BCUT2D eigenvalue weighted by atomic mass is 10.1. The van der Waals surface area contributed by atoms with Crippen molar-refractivity contribution in [2.45, 2.75) is 34.1 Å². The Morgan fingerprint density at radius 3 is 2.18 bits per heavy atom. The van der Waals surface area contributed by atoms with Gasteiger partial charge in [0.2, 0.25) is 0 Å². The van der Waals surface area contributed by atoms with Crippen LogP contribution in [0.25, 0.3) is 11.3 Å². The Morgan fingerprint density at radius 2 is 1.59 bits per heavy atom. The summed E-state index contributed by atoms with van der Waals surface area (Å²) in [6, 6.07) is 14.8. The van der Waals surface area contributed by atoms with Gasteiger partial charge in [-0.25, -0.2) is 0 Å². The molecule has 0 radical (unpaired) electrons. The monoisotopic (exact) mass is 229 g/mol. The van der Waals surface area contributed by atoms with E-state index in [9.17, 15) is 0 Å². The third-order valence-electron chi connectivity index (χ3n) is 2.46. The number of aromatic amines is 1. The molecule has 1 nitrogen and oxygen atoms in total. The first kappa shape index (κ1) is 13.6. The molecule has 92 valence electrons. The van der Waals surface area contributed by atoms with Crippen molar-refractivity contribution in [3.8, 4) is 11.3 Å². The van der Waals surface area contributed by atoms with Crippen LogP contribution in [0.5, 0.6) is 0 Å². The van der Waals surface area contributed by atoms with Crippen LogP contribution in [0.4, 0.5) is 0 Å². The van der Waals surface area contributed by atoms with E-state index in [0.29, 0.717) is 5.92 Å². The van der Waals surface area contributed by atoms with E-state index in [2.05, 4.69) is 55.2 Å². The minimum absolute atomic E-state index is 0.701. The van der Waals surface area contributed by atoms with Gasteiger partial charge in [-0.15, -0.1) is 0 Å². The second kappa shape index (κ2) is 6.95. The van der Waals surface area contributed by atoms with Crippen LogP contribution in [0, 0.1) is 5.92 Å². The molecule has 0 saturated carbocycles. The van der Waals surface area contributed by atoms with Gasteiger partial charge in [0.25, 0.3) is 0 Å². The van der Waals surface area contributed by atoms with E-state index in [1.54, 1.807) is 0 Å². The Labute approximate surface area is 105 Å². The number of H-pyrrole nitrogens is 1. The summed E-state index contributed by atoms with van der Waals surface area (Å²) in [7, 11) is 0. The van der Waals surface area contributed by atoms with Gasteiger partial charge in [-0.2, -0.15) is 0 Å². The first-order valence-corrected chi connectivity index (χ1v) is 6.49. The maximum atomic E-state index is 3.46. The summed E-state index contributed by atoms with van der Waals surface area (Å²) in [4.78, 5) is 3.46. The minimum Gasteiger partial charge on any atom is -0.358 e. The van der Waals surface area contributed by atoms with Gasteiger partial charge in [-0.3, -0.25) is 0 Å². The first-order valence-electron chi connectivity index (χ1n) is 6.49. The standard InChI is InChI=1S/C14H17N.C2H6/c1-11(2)10-13-8-9-14(15-13)12-6-4-3-5-7-12;1-2/h3-9,11,15H,10H2,1-2H3;1-2H3. The van der Waals surface area contributed by atoms with Crippen molar-refractivity contribution in [3.05, 3.63) is 48.2 Å². The highest BCUT2D eigenvalue weighted by Crippen LogP contribution is 2.19. The van der Waals surface area contributed by atoms with Crippen molar-refractivity contribution in [3.63, 3.8) is 0 Å². The average molecular weight is 229 g/mol. The van der Waals surface area contributed by atoms with Crippen molar-refractivity contribution in [2.24, 2.45) is 5.92 Å². The van der Waals surface area contributed by atoms with Gasteiger partial charge in [0.1, 0.15) is 0 Å². The molecule has 2 rings (SSSR count). The smallest absolute Gasteiger partial charge is 0.0456 e. The number of nitrogens with one attached hydrogen (secondary N) is 1. The number of hydrogen-bond acceptors (Lipinski definition) is 0. The molecule has 0 fully saturated rings. The average Bonchev–Trinajstić information content (AvgIpc) is 2.80. The van der Waals surface area contributed by atoms with Crippen LogP contribution in [0.1, 0.15) is 33.4 Å². The normalized spacial score (nSPS) is 9.94. The van der Waals surface area contributed by atoms with Crippen LogP contribution in [0.3, 0.4) is 0 Å². The zero-order valence-corrected chi connectivity index (χ0v) is 11.3. The molecule has 1 heteroatoms. The van der Waals surface area contributed by atoms with Gasteiger partial charge in [-0.05, 0) is 30.0 Å². The lowest BCUT2D eigenvalue weighted by Crippen LogP contribution is -1.93. The number of aromatic nitrogens is 1. The molecule has 1 aromatic carbocycles. The molecule has 0 saturated heterocycles. The maximum absolute atomic E-state index is 3.46. The van der Waals surface area contributed by atoms with E-state index in [4.69, 9.17) is 0 Å². The van der Waals surface area contributed by atoms with E-state index in [-0.39, 0.29) is 0 Å². The molecule has 1 heterocycles. The second-order valence-electron chi connectivity index (χ2n) is 4.36. The molecule has 0 amide bonds. The van der Waals surface area contributed by atoms with Crippen LogP contribution in [0.15, 0.2) is 42.5 Å². The van der Waals surface area contributed by atoms with Crippen molar-refractivity contribution in [1.82, 2.24) is 4.98 Å². The van der Waals surface area contributed by atoms with Gasteiger partial charge in [0.15, 0.2) is 0 Å². The molecule has 2 aromatic rings. The fraction of sp³-hybridized carbons (Fsp3) is 0.375. The lowest BCUT2D eigenvalue weighted by Gasteiger charge is -2.01. The van der Waals surface area contributed by atoms with Crippen molar-refractivity contribution in [2.75, 3.05) is 0 Å². The van der Waals surface area contributed by atoms with E-state index in [1.165, 1.54) is 17.0 Å². The van der Waals surface area contributed by atoms with Gasteiger partial charge < -0.3 is 4.98 Å². The summed E-state index contributed by atoms with van der Waals surface area (Å²) in [5.74, 6) is 0.701.